The van der Waals surface area contributed by atoms with Gasteiger partial charge < -0.3 is 14.2 Å². The van der Waals surface area contributed by atoms with Gasteiger partial charge in [0.25, 0.3) is 0 Å². The van der Waals surface area contributed by atoms with Gasteiger partial charge in [0.15, 0.2) is 6.10 Å². The molecule has 0 aromatic heterocycles. The standard InChI is InChI=1S/C52H82O6/c1-4-7-10-13-16-19-22-23-24-25-26-27-28-31-33-36-39-42-45-51(54)57-48-49(58-52(55)46-43-40-37-34-30-21-18-15-12-9-6-3)47-56-50(53)44-41-38-35-32-29-20-17-14-11-8-5-2/h9-10,12-14,16-19,21-27,34,37,49H,4-8,11,15,20,28-33,35-36,38-48H2,1-3H3/b12-9-,13-10-,17-14-,19-16-,21-18-,23-22-,25-24-,27-26-,37-34-. The van der Waals surface area contributed by atoms with Crippen molar-refractivity contribution in [2.45, 2.75) is 187 Å². The lowest BCUT2D eigenvalue weighted by Gasteiger charge is -2.18. The van der Waals surface area contributed by atoms with E-state index >= 15 is 0 Å². The van der Waals surface area contributed by atoms with E-state index in [-0.39, 0.29) is 37.5 Å². The largest absolute Gasteiger partial charge is 0.462 e. The highest BCUT2D eigenvalue weighted by atomic mass is 16.6. The van der Waals surface area contributed by atoms with Crippen LogP contribution in [0, 0.1) is 0 Å². The zero-order chi connectivity index (χ0) is 42.3. The van der Waals surface area contributed by atoms with Crippen LogP contribution < -0.4 is 0 Å². The van der Waals surface area contributed by atoms with Crippen LogP contribution in [0.15, 0.2) is 109 Å². The van der Waals surface area contributed by atoms with E-state index in [0.717, 1.165) is 103 Å². The molecule has 1 unspecified atom stereocenters. The van der Waals surface area contributed by atoms with Crippen molar-refractivity contribution in [3.05, 3.63) is 109 Å². The van der Waals surface area contributed by atoms with Crippen molar-refractivity contribution in [2.75, 3.05) is 13.2 Å². The molecular weight excluding hydrogens is 721 g/mol. The average Bonchev–Trinajstić information content (AvgIpc) is 3.22. The molecule has 0 heterocycles. The lowest BCUT2D eigenvalue weighted by Crippen LogP contribution is -2.30. The molecule has 0 aromatic carbocycles. The molecule has 0 aliphatic carbocycles. The Balaban J connectivity index is 4.50. The van der Waals surface area contributed by atoms with Crippen LogP contribution in [-0.2, 0) is 28.6 Å². The molecule has 6 nitrogen and oxygen atoms in total. The SMILES string of the molecule is CC/C=C\C/C=C\C/C=C\CCCC(=O)OC(COC(=O)CCCCCCC\C=C/C=C\C=C/C=C\C=C/CCC)COC(=O)CCCCCCC/C=C\CCCC. The Morgan fingerprint density at radius 3 is 1.34 bits per heavy atom. The molecule has 0 N–H and O–H groups in total. The van der Waals surface area contributed by atoms with Crippen LogP contribution in [0.25, 0.3) is 0 Å². The Hall–Kier alpha value is -3.93. The van der Waals surface area contributed by atoms with Gasteiger partial charge in [0.05, 0.1) is 0 Å². The highest BCUT2D eigenvalue weighted by Crippen LogP contribution is 2.12. The summed E-state index contributed by atoms with van der Waals surface area (Å²) in [4.78, 5) is 37.7. The van der Waals surface area contributed by atoms with Crippen LogP contribution >= 0.6 is 0 Å². The predicted octanol–water partition coefficient (Wildman–Crippen LogP) is 14.8. The molecule has 0 fully saturated rings. The van der Waals surface area contributed by atoms with E-state index < -0.39 is 6.10 Å². The summed E-state index contributed by atoms with van der Waals surface area (Å²) in [6.07, 6.45) is 60.7. The van der Waals surface area contributed by atoms with Gasteiger partial charge in [0, 0.05) is 19.3 Å². The monoisotopic (exact) mass is 803 g/mol. The number of hydrogen-bond acceptors (Lipinski definition) is 6. The number of hydrogen-bond donors (Lipinski definition) is 0. The van der Waals surface area contributed by atoms with E-state index in [0.29, 0.717) is 19.3 Å². The predicted molar refractivity (Wildman–Crippen MR) is 247 cm³/mol. The summed E-state index contributed by atoms with van der Waals surface area (Å²) >= 11 is 0. The minimum atomic E-state index is -0.818. The van der Waals surface area contributed by atoms with E-state index in [1.54, 1.807) is 0 Å². The first-order valence-corrected chi connectivity index (χ1v) is 23.0. The van der Waals surface area contributed by atoms with Gasteiger partial charge in [0.2, 0.25) is 0 Å². The fraction of sp³-hybridized carbons (Fsp3) is 0.596. The summed E-state index contributed by atoms with van der Waals surface area (Å²) in [6, 6.07) is 0. The Morgan fingerprint density at radius 2 is 0.793 bits per heavy atom. The first kappa shape index (κ1) is 54.1. The zero-order valence-electron chi connectivity index (χ0n) is 37.0. The molecule has 6 heteroatoms. The molecular formula is C52H82O6. The van der Waals surface area contributed by atoms with Crippen LogP contribution in [-0.4, -0.2) is 37.2 Å². The van der Waals surface area contributed by atoms with Crippen molar-refractivity contribution in [2.24, 2.45) is 0 Å². The third-order valence-corrected chi connectivity index (χ3v) is 9.09. The van der Waals surface area contributed by atoms with Gasteiger partial charge in [-0.05, 0) is 83.5 Å². The molecule has 1 atom stereocenters. The van der Waals surface area contributed by atoms with Crippen LogP contribution in [0.1, 0.15) is 181 Å². The quantitative estimate of drug-likeness (QED) is 0.0202. The molecule has 0 aliphatic rings. The van der Waals surface area contributed by atoms with Crippen molar-refractivity contribution in [3.63, 3.8) is 0 Å². The summed E-state index contributed by atoms with van der Waals surface area (Å²) in [5.41, 5.74) is 0. The Labute approximate surface area is 355 Å². The number of ether oxygens (including phenoxy) is 3. The van der Waals surface area contributed by atoms with E-state index in [4.69, 9.17) is 14.2 Å². The van der Waals surface area contributed by atoms with Gasteiger partial charge in [-0.25, -0.2) is 0 Å². The summed E-state index contributed by atoms with van der Waals surface area (Å²) in [6.45, 7) is 6.28. The van der Waals surface area contributed by atoms with Crippen LogP contribution in [0.5, 0.6) is 0 Å². The lowest BCUT2D eigenvalue weighted by atomic mass is 10.1. The molecule has 0 bridgehead atoms. The number of carbonyl (C=O) groups is 3. The normalized spacial score (nSPS) is 13.1. The second-order valence-corrected chi connectivity index (χ2v) is 14.7. The summed E-state index contributed by atoms with van der Waals surface area (Å²) < 4.78 is 16.6. The minimum absolute atomic E-state index is 0.114. The van der Waals surface area contributed by atoms with Gasteiger partial charge in [-0.2, -0.15) is 0 Å². The van der Waals surface area contributed by atoms with Crippen molar-refractivity contribution in [1.82, 2.24) is 0 Å². The fourth-order valence-corrected chi connectivity index (χ4v) is 5.65. The van der Waals surface area contributed by atoms with E-state index in [9.17, 15) is 14.4 Å². The number of esters is 3. The summed E-state index contributed by atoms with van der Waals surface area (Å²) in [7, 11) is 0. The molecule has 0 radical (unpaired) electrons. The van der Waals surface area contributed by atoms with Crippen molar-refractivity contribution < 1.29 is 28.6 Å². The zero-order valence-corrected chi connectivity index (χ0v) is 37.0. The molecule has 0 saturated carbocycles. The molecule has 0 aliphatic heterocycles. The topological polar surface area (TPSA) is 78.9 Å². The second kappa shape index (κ2) is 45.8. The van der Waals surface area contributed by atoms with Gasteiger partial charge in [-0.15, -0.1) is 0 Å². The smallest absolute Gasteiger partial charge is 0.306 e. The van der Waals surface area contributed by atoms with Gasteiger partial charge in [0.1, 0.15) is 13.2 Å². The Morgan fingerprint density at radius 1 is 0.379 bits per heavy atom. The maximum atomic E-state index is 12.7. The number of unbranched alkanes of at least 4 members (excludes halogenated alkanes) is 14. The molecule has 0 amide bonds. The third kappa shape index (κ3) is 43.2. The van der Waals surface area contributed by atoms with E-state index in [1.165, 1.54) is 32.1 Å². The van der Waals surface area contributed by atoms with Gasteiger partial charge >= 0.3 is 17.9 Å². The number of allylic oxidation sites excluding steroid dienone is 18. The number of rotatable bonds is 39. The maximum absolute atomic E-state index is 12.7. The van der Waals surface area contributed by atoms with Crippen molar-refractivity contribution in [3.8, 4) is 0 Å². The highest BCUT2D eigenvalue weighted by Gasteiger charge is 2.19. The molecule has 0 saturated heterocycles. The summed E-state index contributed by atoms with van der Waals surface area (Å²) in [5, 5.41) is 0. The Bertz CT molecular complexity index is 1240. The lowest BCUT2D eigenvalue weighted by molar-refractivity contribution is -0.167. The fourth-order valence-electron chi connectivity index (χ4n) is 5.65. The van der Waals surface area contributed by atoms with E-state index in [2.05, 4.69) is 93.7 Å². The average molecular weight is 803 g/mol. The Kier molecular flexibility index (Phi) is 42.7. The molecule has 0 rings (SSSR count). The van der Waals surface area contributed by atoms with Crippen LogP contribution in [0.2, 0.25) is 0 Å². The third-order valence-electron chi connectivity index (χ3n) is 9.09. The second-order valence-electron chi connectivity index (χ2n) is 14.7. The first-order chi connectivity index (χ1) is 28.5. The van der Waals surface area contributed by atoms with Crippen molar-refractivity contribution in [1.29, 1.82) is 0 Å². The van der Waals surface area contributed by atoms with Gasteiger partial charge in [-0.1, -0.05) is 188 Å². The van der Waals surface area contributed by atoms with Crippen LogP contribution in [0.4, 0.5) is 0 Å². The molecule has 0 spiro atoms. The molecule has 326 valence electrons. The molecule has 0 aromatic rings. The number of carbonyl (C=O) groups excluding carboxylic acids is 3. The summed E-state index contributed by atoms with van der Waals surface area (Å²) in [5.74, 6) is -1.02. The van der Waals surface area contributed by atoms with Gasteiger partial charge in [-0.3, -0.25) is 14.4 Å². The minimum Gasteiger partial charge on any atom is -0.462 e. The van der Waals surface area contributed by atoms with E-state index in [1.807, 2.05) is 36.5 Å². The van der Waals surface area contributed by atoms with Crippen LogP contribution in [0.3, 0.4) is 0 Å². The molecule has 58 heavy (non-hydrogen) atoms. The highest BCUT2D eigenvalue weighted by molar-refractivity contribution is 5.71. The van der Waals surface area contributed by atoms with Crippen molar-refractivity contribution >= 4 is 17.9 Å². The first-order valence-electron chi connectivity index (χ1n) is 23.0. The maximum Gasteiger partial charge on any atom is 0.306 e.